The molecule has 0 spiro atoms. The standard InChI is InChI=1S/C12H7BrClFN2O/c13-8-3-1-2-7(11(8)15)12(18)17-10-6-16-5-4-9(10)14/h1-6H,(H,17,18). The number of rotatable bonds is 2. The smallest absolute Gasteiger partial charge is 0.258 e. The van der Waals surface area contributed by atoms with Crippen molar-refractivity contribution in [1.29, 1.82) is 0 Å². The number of pyridine rings is 1. The Hall–Kier alpha value is -1.46. The highest BCUT2D eigenvalue weighted by Gasteiger charge is 2.14. The Labute approximate surface area is 116 Å². The summed E-state index contributed by atoms with van der Waals surface area (Å²) in [5, 5.41) is 2.84. The Balaban J connectivity index is 2.28. The van der Waals surface area contributed by atoms with Crippen LogP contribution in [-0.2, 0) is 0 Å². The van der Waals surface area contributed by atoms with E-state index in [-0.39, 0.29) is 10.0 Å². The Morgan fingerprint density at radius 3 is 2.89 bits per heavy atom. The van der Waals surface area contributed by atoms with Gasteiger partial charge in [0.05, 0.1) is 26.9 Å². The fraction of sp³-hybridized carbons (Fsp3) is 0. The summed E-state index contributed by atoms with van der Waals surface area (Å²) in [6, 6.07) is 6.02. The van der Waals surface area contributed by atoms with Crippen LogP contribution >= 0.6 is 27.5 Å². The maximum atomic E-state index is 13.7. The number of hydrogen-bond acceptors (Lipinski definition) is 2. The zero-order valence-electron chi connectivity index (χ0n) is 8.95. The first-order valence-corrected chi connectivity index (χ1v) is 6.11. The average molecular weight is 330 g/mol. The highest BCUT2D eigenvalue weighted by molar-refractivity contribution is 9.10. The van der Waals surface area contributed by atoms with Gasteiger partial charge in [0, 0.05) is 6.20 Å². The van der Waals surface area contributed by atoms with E-state index in [2.05, 4.69) is 26.2 Å². The number of benzene rings is 1. The topological polar surface area (TPSA) is 42.0 Å². The number of hydrogen-bond donors (Lipinski definition) is 1. The number of halogens is 3. The van der Waals surface area contributed by atoms with Gasteiger partial charge in [0.25, 0.3) is 5.91 Å². The monoisotopic (exact) mass is 328 g/mol. The highest BCUT2D eigenvalue weighted by atomic mass is 79.9. The molecule has 2 rings (SSSR count). The zero-order valence-corrected chi connectivity index (χ0v) is 11.3. The molecule has 0 fully saturated rings. The van der Waals surface area contributed by atoms with Crippen LogP contribution in [0.2, 0.25) is 5.02 Å². The van der Waals surface area contributed by atoms with Gasteiger partial charge in [0.2, 0.25) is 0 Å². The average Bonchev–Trinajstić information content (AvgIpc) is 2.35. The summed E-state index contributed by atoms with van der Waals surface area (Å²) in [5.41, 5.74) is 0.271. The minimum Gasteiger partial charge on any atom is -0.319 e. The summed E-state index contributed by atoms with van der Waals surface area (Å²) in [5.74, 6) is -1.20. The quantitative estimate of drug-likeness (QED) is 0.908. The second kappa shape index (κ2) is 5.46. The van der Waals surface area contributed by atoms with Gasteiger partial charge < -0.3 is 5.32 Å². The SMILES string of the molecule is O=C(Nc1cnccc1Cl)c1cccc(Br)c1F. The summed E-state index contributed by atoms with van der Waals surface area (Å²) in [7, 11) is 0. The molecule has 1 heterocycles. The van der Waals surface area contributed by atoms with E-state index < -0.39 is 11.7 Å². The lowest BCUT2D eigenvalue weighted by Crippen LogP contribution is -2.14. The van der Waals surface area contributed by atoms with Gasteiger partial charge in [0.1, 0.15) is 5.82 Å². The van der Waals surface area contributed by atoms with E-state index in [1.165, 1.54) is 30.6 Å². The third-order valence-corrected chi connectivity index (χ3v) is 3.15. The van der Waals surface area contributed by atoms with Crippen LogP contribution in [-0.4, -0.2) is 10.9 Å². The first-order chi connectivity index (χ1) is 8.59. The van der Waals surface area contributed by atoms with E-state index in [4.69, 9.17) is 11.6 Å². The molecule has 6 heteroatoms. The molecule has 3 nitrogen and oxygen atoms in total. The van der Waals surface area contributed by atoms with Crippen molar-refractivity contribution in [2.45, 2.75) is 0 Å². The van der Waals surface area contributed by atoms with Crippen LogP contribution in [0.15, 0.2) is 41.1 Å². The molecule has 1 aromatic carbocycles. The van der Waals surface area contributed by atoms with Gasteiger partial charge in [-0.15, -0.1) is 0 Å². The van der Waals surface area contributed by atoms with Crippen LogP contribution in [0.3, 0.4) is 0 Å². The highest BCUT2D eigenvalue weighted by Crippen LogP contribution is 2.22. The van der Waals surface area contributed by atoms with Gasteiger partial charge >= 0.3 is 0 Å². The molecule has 0 aliphatic carbocycles. The third kappa shape index (κ3) is 2.68. The summed E-state index contributed by atoms with van der Waals surface area (Å²) in [4.78, 5) is 15.7. The van der Waals surface area contributed by atoms with Crippen LogP contribution in [0.25, 0.3) is 0 Å². The van der Waals surface area contributed by atoms with Gasteiger partial charge in [-0.25, -0.2) is 4.39 Å². The normalized spacial score (nSPS) is 10.2. The van der Waals surface area contributed by atoms with Gasteiger partial charge in [-0.3, -0.25) is 9.78 Å². The second-order valence-corrected chi connectivity index (χ2v) is 4.67. The van der Waals surface area contributed by atoms with Crippen molar-refractivity contribution in [3.05, 3.63) is 57.5 Å². The lowest BCUT2D eigenvalue weighted by molar-refractivity contribution is 0.102. The van der Waals surface area contributed by atoms with Crippen molar-refractivity contribution in [3.63, 3.8) is 0 Å². The maximum absolute atomic E-state index is 13.7. The van der Waals surface area contributed by atoms with Crippen LogP contribution in [0.1, 0.15) is 10.4 Å². The van der Waals surface area contributed by atoms with Crippen molar-refractivity contribution in [2.24, 2.45) is 0 Å². The fourth-order valence-electron chi connectivity index (χ4n) is 1.34. The summed E-state index contributed by atoms with van der Waals surface area (Å²) in [6.45, 7) is 0. The van der Waals surface area contributed by atoms with E-state index in [1.807, 2.05) is 0 Å². The van der Waals surface area contributed by atoms with Gasteiger partial charge in [-0.05, 0) is 34.1 Å². The lowest BCUT2D eigenvalue weighted by Gasteiger charge is -2.07. The van der Waals surface area contributed by atoms with Crippen molar-refractivity contribution in [1.82, 2.24) is 4.98 Å². The molecule has 1 N–H and O–H groups in total. The zero-order chi connectivity index (χ0) is 13.1. The van der Waals surface area contributed by atoms with E-state index in [9.17, 15) is 9.18 Å². The van der Waals surface area contributed by atoms with Crippen molar-refractivity contribution >= 4 is 39.1 Å². The number of nitrogens with zero attached hydrogens (tertiary/aromatic N) is 1. The molecule has 0 radical (unpaired) electrons. The Bertz CT molecular complexity index is 606. The van der Waals surface area contributed by atoms with Crippen molar-refractivity contribution < 1.29 is 9.18 Å². The van der Waals surface area contributed by atoms with Crippen molar-refractivity contribution in [2.75, 3.05) is 5.32 Å². The Morgan fingerprint density at radius 2 is 2.17 bits per heavy atom. The molecule has 0 saturated heterocycles. The molecule has 0 bridgehead atoms. The molecular formula is C12H7BrClFN2O. The molecule has 1 amide bonds. The van der Waals surface area contributed by atoms with Crippen LogP contribution in [0, 0.1) is 5.82 Å². The number of carbonyl (C=O) groups excluding carboxylic acids is 1. The lowest BCUT2D eigenvalue weighted by atomic mass is 10.2. The predicted molar refractivity (Wildman–Crippen MR) is 71.3 cm³/mol. The molecule has 92 valence electrons. The Morgan fingerprint density at radius 1 is 1.39 bits per heavy atom. The van der Waals surface area contributed by atoms with Crippen LogP contribution < -0.4 is 5.32 Å². The van der Waals surface area contributed by atoms with Gasteiger partial charge in [-0.2, -0.15) is 0 Å². The molecule has 2 aromatic rings. The molecule has 0 aliphatic heterocycles. The molecule has 0 unspecified atom stereocenters. The van der Waals surface area contributed by atoms with E-state index in [0.717, 1.165) is 0 Å². The van der Waals surface area contributed by atoms with Crippen LogP contribution in [0.4, 0.5) is 10.1 Å². The maximum Gasteiger partial charge on any atom is 0.258 e. The molecule has 0 atom stereocenters. The number of amides is 1. The summed E-state index contributed by atoms with van der Waals surface area (Å²) >= 11 is 8.89. The first kappa shape index (κ1) is 13.0. The summed E-state index contributed by atoms with van der Waals surface area (Å²) < 4.78 is 13.9. The number of anilines is 1. The molecule has 0 saturated carbocycles. The van der Waals surface area contributed by atoms with E-state index in [1.54, 1.807) is 6.07 Å². The minimum atomic E-state index is -0.616. The summed E-state index contributed by atoms with van der Waals surface area (Å²) in [6.07, 6.45) is 2.90. The fourth-order valence-corrected chi connectivity index (χ4v) is 1.86. The molecule has 18 heavy (non-hydrogen) atoms. The predicted octanol–water partition coefficient (Wildman–Crippen LogP) is 3.89. The second-order valence-electron chi connectivity index (χ2n) is 3.41. The van der Waals surface area contributed by atoms with Gasteiger partial charge in [0.15, 0.2) is 0 Å². The van der Waals surface area contributed by atoms with E-state index >= 15 is 0 Å². The largest absolute Gasteiger partial charge is 0.319 e. The Kier molecular flexibility index (Phi) is 3.93. The molecule has 0 aliphatic rings. The number of nitrogens with one attached hydrogen (secondary N) is 1. The third-order valence-electron chi connectivity index (χ3n) is 2.21. The number of carbonyl (C=O) groups is 1. The van der Waals surface area contributed by atoms with E-state index in [0.29, 0.717) is 10.7 Å². The van der Waals surface area contributed by atoms with Crippen molar-refractivity contribution in [3.8, 4) is 0 Å². The minimum absolute atomic E-state index is 0.0655. The van der Waals surface area contributed by atoms with Crippen LogP contribution in [0.5, 0.6) is 0 Å². The first-order valence-electron chi connectivity index (χ1n) is 4.94. The molecular weight excluding hydrogens is 322 g/mol. The number of aromatic nitrogens is 1. The van der Waals surface area contributed by atoms with Gasteiger partial charge in [-0.1, -0.05) is 17.7 Å². The molecule has 1 aromatic heterocycles.